The average molecular weight is 438 g/mol. The predicted molar refractivity (Wildman–Crippen MR) is 115 cm³/mol. The van der Waals surface area contributed by atoms with Crippen LogP contribution in [0.5, 0.6) is 0 Å². The third-order valence-corrected chi connectivity index (χ3v) is 6.46. The molecule has 0 spiro atoms. The van der Waals surface area contributed by atoms with Crippen LogP contribution >= 0.6 is 11.6 Å². The molecule has 7 heteroatoms. The van der Waals surface area contributed by atoms with Gasteiger partial charge in [-0.15, -0.1) is 0 Å². The van der Waals surface area contributed by atoms with Gasteiger partial charge in [0, 0.05) is 17.5 Å². The van der Waals surface area contributed by atoms with Crippen molar-refractivity contribution in [1.29, 1.82) is 0 Å². The van der Waals surface area contributed by atoms with E-state index in [0.717, 1.165) is 37.7 Å². The quantitative estimate of drug-likeness (QED) is 0.363. The normalized spacial score (nSPS) is 12.5. The van der Waals surface area contributed by atoms with Crippen molar-refractivity contribution in [3.63, 3.8) is 0 Å². The number of hydrogen-bond donors (Lipinski definition) is 1. The van der Waals surface area contributed by atoms with Crippen molar-refractivity contribution in [3.8, 4) is 0 Å². The van der Waals surface area contributed by atoms with Crippen molar-refractivity contribution in [2.24, 2.45) is 0 Å². The molecule has 2 rings (SSSR count). The van der Waals surface area contributed by atoms with Gasteiger partial charge in [-0.25, -0.2) is 13.1 Å². The Balaban J connectivity index is 1.92. The molecular formula is C22H28ClNO4S. The van der Waals surface area contributed by atoms with Crippen molar-refractivity contribution in [1.82, 2.24) is 4.72 Å². The summed E-state index contributed by atoms with van der Waals surface area (Å²) in [5.74, 6) is -0.175. The first kappa shape index (κ1) is 23.4. The Morgan fingerprint density at radius 2 is 1.59 bits per heavy atom. The summed E-state index contributed by atoms with van der Waals surface area (Å²) in [5.41, 5.74) is 0.940. The molecule has 0 amide bonds. The number of sulfonamides is 1. The first-order valence-electron chi connectivity index (χ1n) is 9.82. The van der Waals surface area contributed by atoms with E-state index in [-0.39, 0.29) is 16.9 Å². The molecule has 1 unspecified atom stereocenters. The van der Waals surface area contributed by atoms with Crippen LogP contribution in [0.3, 0.4) is 0 Å². The zero-order valence-corrected chi connectivity index (χ0v) is 18.2. The standard InChI is InChI=1S/C22H28ClNO4S/c1-28-22(25)13-9-4-2-3-8-12-21(18-10-6-5-7-11-18)24-29(26,27)20-16-14-19(23)15-17-20/h5-7,10-11,14-17,21,24H,2-4,8-9,12-13H2,1H3. The van der Waals surface area contributed by atoms with Gasteiger partial charge in [0.05, 0.1) is 12.0 Å². The first-order chi connectivity index (χ1) is 13.9. The van der Waals surface area contributed by atoms with Crippen LogP contribution in [-0.4, -0.2) is 21.5 Å². The van der Waals surface area contributed by atoms with E-state index in [0.29, 0.717) is 17.9 Å². The first-order valence-corrected chi connectivity index (χ1v) is 11.7. The minimum atomic E-state index is -3.65. The van der Waals surface area contributed by atoms with Crippen molar-refractivity contribution in [3.05, 3.63) is 65.2 Å². The maximum Gasteiger partial charge on any atom is 0.305 e. The number of carbonyl (C=O) groups excluding carboxylic acids is 1. The second-order valence-corrected chi connectivity index (χ2v) is 9.07. The molecule has 5 nitrogen and oxygen atoms in total. The van der Waals surface area contributed by atoms with Crippen LogP contribution in [0.25, 0.3) is 0 Å². The van der Waals surface area contributed by atoms with Crippen LogP contribution in [0.4, 0.5) is 0 Å². The molecule has 2 aromatic carbocycles. The molecule has 0 saturated carbocycles. The monoisotopic (exact) mass is 437 g/mol. The van der Waals surface area contributed by atoms with Gasteiger partial charge in [0.2, 0.25) is 10.0 Å². The number of methoxy groups -OCH3 is 1. The number of ether oxygens (including phenoxy) is 1. The van der Waals surface area contributed by atoms with Gasteiger partial charge in [-0.1, -0.05) is 67.6 Å². The predicted octanol–water partition coefficient (Wildman–Crippen LogP) is 5.26. The SMILES string of the molecule is COC(=O)CCCCCCCC(NS(=O)(=O)c1ccc(Cl)cc1)c1ccccc1. The second-order valence-electron chi connectivity index (χ2n) is 6.92. The molecule has 1 N–H and O–H groups in total. The molecule has 0 aromatic heterocycles. The van der Waals surface area contributed by atoms with E-state index in [2.05, 4.69) is 9.46 Å². The van der Waals surface area contributed by atoms with Crippen LogP contribution in [0.1, 0.15) is 56.6 Å². The van der Waals surface area contributed by atoms with Crippen molar-refractivity contribution < 1.29 is 17.9 Å². The van der Waals surface area contributed by atoms with Gasteiger partial charge in [0.15, 0.2) is 0 Å². The van der Waals surface area contributed by atoms with Gasteiger partial charge in [-0.2, -0.15) is 0 Å². The third-order valence-electron chi connectivity index (χ3n) is 4.72. The molecule has 0 saturated heterocycles. The smallest absolute Gasteiger partial charge is 0.305 e. The van der Waals surface area contributed by atoms with E-state index < -0.39 is 10.0 Å². The molecule has 0 aliphatic carbocycles. The number of rotatable bonds is 12. The molecule has 1 atom stereocenters. The van der Waals surface area contributed by atoms with Crippen LogP contribution < -0.4 is 4.72 Å². The Labute approximate surface area is 178 Å². The zero-order chi connectivity index (χ0) is 21.1. The van der Waals surface area contributed by atoms with Gasteiger partial charge in [0.25, 0.3) is 0 Å². The number of carbonyl (C=O) groups is 1. The molecule has 0 radical (unpaired) electrons. The number of hydrogen-bond acceptors (Lipinski definition) is 4. The van der Waals surface area contributed by atoms with E-state index in [4.69, 9.17) is 11.6 Å². The number of benzene rings is 2. The average Bonchev–Trinajstić information content (AvgIpc) is 2.72. The lowest BCUT2D eigenvalue weighted by Gasteiger charge is -2.19. The summed E-state index contributed by atoms with van der Waals surface area (Å²) in [6, 6.07) is 15.5. The van der Waals surface area contributed by atoms with Crippen molar-refractivity contribution >= 4 is 27.6 Å². The summed E-state index contributed by atoms with van der Waals surface area (Å²) in [5, 5.41) is 0.496. The van der Waals surface area contributed by atoms with Crippen molar-refractivity contribution in [2.45, 2.75) is 55.9 Å². The fourth-order valence-electron chi connectivity index (χ4n) is 3.10. The van der Waals surface area contributed by atoms with E-state index in [9.17, 15) is 13.2 Å². The summed E-state index contributed by atoms with van der Waals surface area (Å²) >= 11 is 5.87. The number of unbranched alkanes of at least 4 members (excludes halogenated alkanes) is 4. The molecule has 158 valence electrons. The Bertz CT molecular complexity index is 854. The highest BCUT2D eigenvalue weighted by molar-refractivity contribution is 7.89. The lowest BCUT2D eigenvalue weighted by atomic mass is 10.0. The van der Waals surface area contributed by atoms with E-state index in [1.54, 1.807) is 12.1 Å². The summed E-state index contributed by atoms with van der Waals surface area (Å²) in [6.45, 7) is 0. The van der Waals surface area contributed by atoms with Gasteiger partial charge in [-0.05, 0) is 42.7 Å². The molecule has 0 fully saturated rings. The summed E-state index contributed by atoms with van der Waals surface area (Å²) in [4.78, 5) is 11.3. The lowest BCUT2D eigenvalue weighted by Crippen LogP contribution is -2.28. The van der Waals surface area contributed by atoms with Crippen LogP contribution in [0, 0.1) is 0 Å². The number of esters is 1. The van der Waals surface area contributed by atoms with Crippen LogP contribution in [0.2, 0.25) is 5.02 Å². The molecular weight excluding hydrogens is 410 g/mol. The Hall–Kier alpha value is -1.89. The Morgan fingerprint density at radius 3 is 2.24 bits per heavy atom. The van der Waals surface area contributed by atoms with Crippen LogP contribution in [-0.2, 0) is 19.6 Å². The van der Waals surface area contributed by atoms with E-state index in [1.165, 1.54) is 19.2 Å². The summed E-state index contributed by atoms with van der Waals surface area (Å²) in [7, 11) is -2.25. The van der Waals surface area contributed by atoms with Gasteiger partial charge in [0.1, 0.15) is 0 Å². The molecule has 0 aliphatic rings. The molecule has 0 heterocycles. The number of halogens is 1. The largest absolute Gasteiger partial charge is 0.469 e. The fourth-order valence-corrected chi connectivity index (χ4v) is 4.48. The molecule has 0 bridgehead atoms. The summed E-state index contributed by atoms with van der Waals surface area (Å²) < 4.78 is 33.1. The maximum atomic E-state index is 12.8. The van der Waals surface area contributed by atoms with Gasteiger partial charge < -0.3 is 4.74 Å². The fraction of sp³-hybridized carbons (Fsp3) is 0.409. The lowest BCUT2D eigenvalue weighted by molar-refractivity contribution is -0.140. The van der Waals surface area contributed by atoms with Gasteiger partial charge in [-0.3, -0.25) is 4.79 Å². The highest BCUT2D eigenvalue weighted by Crippen LogP contribution is 2.24. The van der Waals surface area contributed by atoms with E-state index >= 15 is 0 Å². The summed E-state index contributed by atoms with van der Waals surface area (Å²) in [6.07, 6.45) is 5.80. The van der Waals surface area contributed by atoms with Crippen molar-refractivity contribution in [2.75, 3.05) is 7.11 Å². The maximum absolute atomic E-state index is 12.8. The Morgan fingerprint density at radius 1 is 0.966 bits per heavy atom. The number of nitrogens with one attached hydrogen (secondary N) is 1. The Kier molecular flexibility index (Phi) is 9.64. The molecule has 0 aliphatic heterocycles. The molecule has 2 aromatic rings. The van der Waals surface area contributed by atoms with E-state index in [1.807, 2.05) is 30.3 Å². The molecule has 29 heavy (non-hydrogen) atoms. The zero-order valence-electron chi connectivity index (χ0n) is 16.6. The third kappa shape index (κ3) is 8.17. The highest BCUT2D eigenvalue weighted by Gasteiger charge is 2.21. The topological polar surface area (TPSA) is 72.5 Å². The second kappa shape index (κ2) is 12.0. The minimum Gasteiger partial charge on any atom is -0.469 e. The highest BCUT2D eigenvalue weighted by atomic mass is 35.5. The minimum absolute atomic E-state index is 0.175. The van der Waals surface area contributed by atoms with Gasteiger partial charge >= 0.3 is 5.97 Å². The van der Waals surface area contributed by atoms with Crippen LogP contribution in [0.15, 0.2) is 59.5 Å².